The molecule has 0 radical (unpaired) electrons. The van der Waals surface area contributed by atoms with Crippen molar-refractivity contribution in [1.82, 2.24) is 0 Å². The van der Waals surface area contributed by atoms with Crippen molar-refractivity contribution in [2.75, 3.05) is 0 Å². The monoisotopic (exact) mass is 518 g/mol. The van der Waals surface area contributed by atoms with Crippen LogP contribution < -0.4 is 18.9 Å². The van der Waals surface area contributed by atoms with Gasteiger partial charge in [0, 0.05) is 0 Å². The summed E-state index contributed by atoms with van der Waals surface area (Å²) in [7, 11) is 0. The highest BCUT2D eigenvalue weighted by molar-refractivity contribution is 5.94. The first-order valence-corrected chi connectivity index (χ1v) is 12.0. The Morgan fingerprint density at radius 2 is 0.821 bits per heavy atom. The summed E-state index contributed by atoms with van der Waals surface area (Å²) in [5.41, 5.74) is 0.926. The van der Waals surface area contributed by atoms with Crippen molar-refractivity contribution >= 4 is 11.9 Å². The third-order valence-corrected chi connectivity index (χ3v) is 6.98. The van der Waals surface area contributed by atoms with Crippen molar-refractivity contribution in [3.8, 4) is 34.1 Å². The highest BCUT2D eigenvalue weighted by atomic mass is 16.6. The van der Waals surface area contributed by atoms with Crippen LogP contribution in [0.15, 0.2) is 120 Å². The molecule has 0 saturated heterocycles. The molecule has 0 atom stereocenters. The summed E-state index contributed by atoms with van der Waals surface area (Å²) in [5, 5.41) is 20.7. The van der Waals surface area contributed by atoms with Gasteiger partial charge in [-0.25, -0.2) is 9.59 Å². The number of carboxylic acid groups (broad SMARTS) is 2. The molecule has 2 aliphatic heterocycles. The van der Waals surface area contributed by atoms with E-state index >= 15 is 0 Å². The molecule has 0 bridgehead atoms. The Hall–Kier alpha value is -5.50. The molecule has 190 valence electrons. The Morgan fingerprint density at radius 1 is 0.487 bits per heavy atom. The van der Waals surface area contributed by atoms with Crippen LogP contribution in [0.4, 0.5) is 0 Å². The summed E-state index contributed by atoms with van der Waals surface area (Å²) in [5.74, 6) is -3.11. The van der Waals surface area contributed by atoms with Crippen LogP contribution in [0.5, 0.6) is 23.0 Å². The van der Waals surface area contributed by atoms with Crippen molar-refractivity contribution < 1.29 is 38.7 Å². The van der Waals surface area contributed by atoms with Crippen molar-refractivity contribution in [3.63, 3.8) is 0 Å². The van der Waals surface area contributed by atoms with Gasteiger partial charge in [0.1, 0.15) is 5.41 Å². The zero-order valence-corrected chi connectivity index (χ0v) is 20.1. The normalized spacial score (nSPS) is 15.9. The molecule has 7 rings (SSSR count). The van der Waals surface area contributed by atoms with E-state index in [4.69, 9.17) is 18.9 Å². The fourth-order valence-corrected chi connectivity index (χ4v) is 5.47. The van der Waals surface area contributed by atoms with Crippen molar-refractivity contribution in [1.29, 1.82) is 0 Å². The highest BCUT2D eigenvalue weighted by Crippen LogP contribution is 2.60. The summed E-state index contributed by atoms with van der Waals surface area (Å²) in [6, 6.07) is 28.0. The Morgan fingerprint density at radius 3 is 1.21 bits per heavy atom. The maximum absolute atomic E-state index is 12.7. The number of hydrogen-bond donors (Lipinski definition) is 2. The molecule has 2 N–H and O–H groups in total. The van der Waals surface area contributed by atoms with Crippen LogP contribution in [-0.2, 0) is 15.0 Å². The Balaban J connectivity index is 1.64. The Bertz CT molecular complexity index is 1650. The third kappa shape index (κ3) is 3.12. The molecular formula is C31H18O8. The summed E-state index contributed by atoms with van der Waals surface area (Å²) < 4.78 is 24.6. The van der Waals surface area contributed by atoms with Gasteiger partial charge in [-0.15, -0.1) is 0 Å². The lowest BCUT2D eigenvalue weighted by Crippen LogP contribution is -2.42. The molecule has 1 aliphatic carbocycles. The Kier molecular flexibility index (Phi) is 4.80. The summed E-state index contributed by atoms with van der Waals surface area (Å²) in [6.07, 6.45) is 0. The molecule has 0 fully saturated rings. The smallest absolute Gasteiger partial charge is 0.375 e. The van der Waals surface area contributed by atoms with Crippen LogP contribution in [0.1, 0.15) is 11.1 Å². The largest absolute Gasteiger partial charge is 0.475 e. The highest BCUT2D eigenvalue weighted by Gasteiger charge is 2.58. The number of hydrogen-bond acceptors (Lipinski definition) is 6. The van der Waals surface area contributed by atoms with Gasteiger partial charge in [0.15, 0.2) is 34.5 Å². The van der Waals surface area contributed by atoms with E-state index in [-0.39, 0.29) is 34.5 Å². The minimum Gasteiger partial charge on any atom is -0.475 e. The third-order valence-electron chi connectivity index (χ3n) is 6.98. The number of rotatable bonds is 4. The van der Waals surface area contributed by atoms with E-state index in [0.717, 1.165) is 11.1 Å². The second-order valence-corrected chi connectivity index (χ2v) is 9.07. The quantitative estimate of drug-likeness (QED) is 0.365. The average Bonchev–Trinajstić information content (AvgIpc) is 3.27. The number of benzene rings is 4. The first kappa shape index (κ1) is 22.7. The first-order chi connectivity index (χ1) is 19.0. The molecule has 0 saturated carbocycles. The number of para-hydroxylation sites is 4. The lowest BCUT2D eigenvalue weighted by molar-refractivity contribution is -0.136. The van der Waals surface area contributed by atoms with Gasteiger partial charge in [-0.3, -0.25) is 0 Å². The number of aliphatic carboxylic acids is 2. The lowest BCUT2D eigenvalue weighted by atomic mass is 9.73. The lowest BCUT2D eigenvalue weighted by Gasteiger charge is -2.39. The van der Waals surface area contributed by atoms with E-state index in [9.17, 15) is 19.8 Å². The van der Waals surface area contributed by atoms with Crippen LogP contribution in [0.2, 0.25) is 0 Å². The maximum Gasteiger partial charge on any atom is 0.375 e. The van der Waals surface area contributed by atoms with E-state index in [1.807, 2.05) is 24.3 Å². The van der Waals surface area contributed by atoms with E-state index in [1.165, 1.54) is 0 Å². The van der Waals surface area contributed by atoms with Crippen molar-refractivity contribution in [3.05, 3.63) is 131 Å². The van der Waals surface area contributed by atoms with Gasteiger partial charge in [-0.05, 0) is 46.5 Å². The molecule has 4 aromatic rings. The number of fused-ring (bicyclic) bond motifs is 5. The van der Waals surface area contributed by atoms with Gasteiger partial charge in [-0.1, -0.05) is 72.8 Å². The second-order valence-electron chi connectivity index (χ2n) is 9.07. The average molecular weight is 518 g/mol. The number of carbonyl (C=O) groups is 2. The zero-order valence-electron chi connectivity index (χ0n) is 20.1. The topological polar surface area (TPSA) is 112 Å². The minimum atomic E-state index is -1.70. The van der Waals surface area contributed by atoms with Gasteiger partial charge < -0.3 is 29.2 Å². The van der Waals surface area contributed by atoms with Crippen LogP contribution in [-0.4, -0.2) is 22.2 Å². The molecule has 2 heterocycles. The summed E-state index contributed by atoms with van der Waals surface area (Å²) in [4.78, 5) is 25.5. The van der Waals surface area contributed by atoms with Gasteiger partial charge in [0.05, 0.1) is 0 Å². The molecule has 0 spiro atoms. The fraction of sp³-hybridized carbons (Fsp3) is 0.0323. The molecule has 0 unspecified atom stereocenters. The Labute approximate surface area is 221 Å². The van der Waals surface area contributed by atoms with Crippen LogP contribution in [0.3, 0.4) is 0 Å². The SMILES string of the molecule is O=C(O)C1=C(C2(C3=C(C(=O)O)Oc4ccccc4O3)c3ccccc3-c3ccccc32)Oc2ccccc2O1. The fourth-order valence-electron chi connectivity index (χ4n) is 5.47. The second kappa shape index (κ2) is 8.26. The van der Waals surface area contributed by atoms with Gasteiger partial charge in [-0.2, -0.15) is 0 Å². The van der Waals surface area contributed by atoms with E-state index in [1.54, 1.807) is 72.8 Å². The summed E-state index contributed by atoms with van der Waals surface area (Å²) >= 11 is 0. The molecule has 8 heteroatoms. The van der Waals surface area contributed by atoms with E-state index in [2.05, 4.69) is 0 Å². The van der Waals surface area contributed by atoms with Crippen LogP contribution >= 0.6 is 0 Å². The zero-order chi connectivity index (χ0) is 26.7. The molecule has 0 aromatic heterocycles. The maximum atomic E-state index is 12.7. The van der Waals surface area contributed by atoms with E-state index in [0.29, 0.717) is 11.1 Å². The molecule has 3 aliphatic rings. The minimum absolute atomic E-state index is 0.150. The molecule has 8 nitrogen and oxygen atoms in total. The van der Waals surface area contributed by atoms with Gasteiger partial charge >= 0.3 is 11.9 Å². The predicted octanol–water partition coefficient (Wildman–Crippen LogP) is 5.49. The van der Waals surface area contributed by atoms with Gasteiger partial charge in [0.2, 0.25) is 0 Å². The standard InChI is InChI=1S/C31H18O8/c32-29(33)25-27(38-23-15-7-5-13-21(23)36-25)31(19-11-3-1-9-17(19)18-10-2-4-12-20(18)31)28-26(30(34)35)37-22-14-6-8-16-24(22)39-28/h1-16H,(H,32,33)(H,34,35). The molecule has 4 aromatic carbocycles. The predicted molar refractivity (Wildman–Crippen MR) is 137 cm³/mol. The van der Waals surface area contributed by atoms with Crippen LogP contribution in [0.25, 0.3) is 11.1 Å². The summed E-state index contributed by atoms with van der Waals surface area (Å²) in [6.45, 7) is 0. The number of ether oxygens (including phenoxy) is 4. The molecular weight excluding hydrogens is 500 g/mol. The van der Waals surface area contributed by atoms with Crippen LogP contribution in [0, 0.1) is 0 Å². The van der Waals surface area contributed by atoms with Gasteiger partial charge in [0.25, 0.3) is 11.5 Å². The number of carboxylic acids is 2. The van der Waals surface area contributed by atoms with Crippen molar-refractivity contribution in [2.45, 2.75) is 5.41 Å². The van der Waals surface area contributed by atoms with E-state index < -0.39 is 28.9 Å². The molecule has 0 amide bonds. The molecule has 39 heavy (non-hydrogen) atoms. The first-order valence-electron chi connectivity index (χ1n) is 12.0. The van der Waals surface area contributed by atoms with Crippen molar-refractivity contribution in [2.24, 2.45) is 0 Å².